The number of hydrogen-bond donors (Lipinski definition) is 2. The van der Waals surface area contributed by atoms with E-state index in [1.54, 1.807) is 0 Å². The van der Waals surface area contributed by atoms with Gasteiger partial charge < -0.3 is 14.5 Å². The third-order valence-corrected chi connectivity index (χ3v) is 10.3. The Bertz CT molecular complexity index is 906. The summed E-state index contributed by atoms with van der Waals surface area (Å²) < 4.78 is 36.5. The summed E-state index contributed by atoms with van der Waals surface area (Å²) in [6.07, 6.45) is 6.56. The summed E-state index contributed by atoms with van der Waals surface area (Å²) >= 11 is 0. The van der Waals surface area contributed by atoms with Crippen molar-refractivity contribution in [3.63, 3.8) is 0 Å². The van der Waals surface area contributed by atoms with Gasteiger partial charge in [0.05, 0.1) is 0 Å². The van der Waals surface area contributed by atoms with Crippen LogP contribution in [0.4, 0.5) is 0 Å². The number of nitrogens with one attached hydrogen (secondary N) is 1. The van der Waals surface area contributed by atoms with Gasteiger partial charge in [0.2, 0.25) is 0 Å². The molecule has 5 aliphatic rings. The molecule has 172 valence electrons. The second kappa shape index (κ2) is 7.50. The highest BCUT2D eigenvalue weighted by molar-refractivity contribution is 7.86. The minimum absolute atomic E-state index is 0.00633. The fraction of sp³-hybridized carbons (Fsp3) is 0.857. The van der Waals surface area contributed by atoms with E-state index in [4.69, 9.17) is 4.52 Å². The first-order chi connectivity index (χ1) is 14.9. The zero-order valence-corrected chi connectivity index (χ0v) is 18.9. The van der Waals surface area contributed by atoms with Gasteiger partial charge in [0.25, 0.3) is 10.2 Å². The maximum Gasteiger partial charge on any atom is 0.283 e. The van der Waals surface area contributed by atoms with Gasteiger partial charge in [-0.05, 0) is 58.4 Å². The Morgan fingerprint density at radius 3 is 2.23 bits per heavy atom. The van der Waals surface area contributed by atoms with Crippen molar-refractivity contribution in [2.75, 3.05) is 20.1 Å². The first-order valence-corrected chi connectivity index (χ1v) is 13.2. The lowest BCUT2D eigenvalue weighted by Crippen LogP contribution is -2.61. The van der Waals surface area contributed by atoms with E-state index in [1.807, 2.05) is 14.7 Å². The molecule has 4 aliphatic heterocycles. The van der Waals surface area contributed by atoms with E-state index in [-0.39, 0.29) is 30.2 Å². The number of piperazine rings is 1. The highest BCUT2D eigenvalue weighted by Crippen LogP contribution is 2.43. The molecule has 1 aromatic heterocycles. The molecule has 0 aromatic carbocycles. The van der Waals surface area contributed by atoms with Gasteiger partial charge in [-0.3, -0.25) is 5.32 Å². The largest absolute Gasteiger partial charge is 0.373 e. The van der Waals surface area contributed by atoms with Crippen molar-refractivity contribution in [2.24, 2.45) is 0 Å². The molecule has 3 unspecified atom stereocenters. The molecule has 0 amide bonds. The van der Waals surface area contributed by atoms with Crippen LogP contribution in [-0.4, -0.2) is 82.5 Å². The van der Waals surface area contributed by atoms with Crippen LogP contribution in [0.3, 0.4) is 0 Å². The number of likely N-dealkylation sites (N-methyl/N-ethyl adjacent to an activating group) is 1. The van der Waals surface area contributed by atoms with Gasteiger partial charge in [-0.1, -0.05) is 5.16 Å². The summed E-state index contributed by atoms with van der Waals surface area (Å²) in [5.74, 6) is 1.32. The maximum atomic E-state index is 13.7. The highest BCUT2D eigenvalue weighted by Gasteiger charge is 2.54. The van der Waals surface area contributed by atoms with E-state index in [0.717, 1.165) is 70.2 Å². The van der Waals surface area contributed by atoms with Crippen LogP contribution in [-0.2, 0) is 10.2 Å². The molecule has 4 saturated heterocycles. The van der Waals surface area contributed by atoms with Crippen LogP contribution in [0, 0.1) is 0 Å². The smallest absolute Gasteiger partial charge is 0.283 e. The number of aliphatic hydroxyl groups excluding tert-OH is 1. The fourth-order valence-corrected chi connectivity index (χ4v) is 8.96. The van der Waals surface area contributed by atoms with Crippen LogP contribution in [0.5, 0.6) is 0 Å². The van der Waals surface area contributed by atoms with Gasteiger partial charge in [-0.2, -0.15) is 17.0 Å². The molecule has 9 nitrogen and oxygen atoms in total. The van der Waals surface area contributed by atoms with Gasteiger partial charge in [-0.25, -0.2) is 0 Å². The third kappa shape index (κ3) is 3.55. The van der Waals surface area contributed by atoms with E-state index in [1.165, 1.54) is 0 Å². The molecule has 2 N–H and O–H groups in total. The fourth-order valence-electron chi connectivity index (χ4n) is 6.51. The molecule has 10 heteroatoms. The van der Waals surface area contributed by atoms with Crippen LogP contribution in [0.2, 0.25) is 0 Å². The Labute approximate surface area is 183 Å². The predicted molar refractivity (Wildman–Crippen MR) is 113 cm³/mol. The van der Waals surface area contributed by atoms with Gasteiger partial charge in [-0.15, -0.1) is 0 Å². The topological polar surface area (TPSA) is 102 Å². The molecule has 0 radical (unpaired) electrons. The van der Waals surface area contributed by atoms with Crippen LogP contribution in [0.15, 0.2) is 10.6 Å². The first kappa shape index (κ1) is 20.6. The van der Waals surface area contributed by atoms with Crippen LogP contribution >= 0.6 is 0 Å². The first-order valence-electron chi connectivity index (χ1n) is 11.8. The average Bonchev–Trinajstić information content (AvgIpc) is 3.26. The van der Waals surface area contributed by atoms with E-state index < -0.39 is 16.4 Å². The second-order valence-electron chi connectivity index (χ2n) is 10.3. The highest BCUT2D eigenvalue weighted by atomic mass is 32.2. The van der Waals surface area contributed by atoms with Crippen molar-refractivity contribution in [1.29, 1.82) is 0 Å². The van der Waals surface area contributed by atoms with Crippen molar-refractivity contribution >= 4 is 10.2 Å². The van der Waals surface area contributed by atoms with E-state index in [0.29, 0.717) is 11.6 Å². The van der Waals surface area contributed by atoms with Crippen molar-refractivity contribution < 1.29 is 18.0 Å². The molecule has 5 heterocycles. The van der Waals surface area contributed by atoms with Crippen LogP contribution in [0.1, 0.15) is 75.0 Å². The van der Waals surface area contributed by atoms with E-state index in [2.05, 4.69) is 22.4 Å². The van der Waals surface area contributed by atoms with Crippen molar-refractivity contribution in [2.45, 2.75) is 93.7 Å². The molecule has 1 aromatic rings. The zero-order chi connectivity index (χ0) is 21.3. The van der Waals surface area contributed by atoms with Gasteiger partial charge in [0.1, 0.15) is 11.5 Å². The zero-order valence-electron chi connectivity index (χ0n) is 18.1. The van der Waals surface area contributed by atoms with Gasteiger partial charge in [0, 0.05) is 55.3 Å². The second-order valence-corrected chi connectivity index (χ2v) is 12.1. The van der Waals surface area contributed by atoms with Crippen molar-refractivity contribution in [1.82, 2.24) is 24.0 Å². The summed E-state index contributed by atoms with van der Waals surface area (Å²) in [6, 6.07) is 2.16. The summed E-state index contributed by atoms with van der Waals surface area (Å²) in [4.78, 5) is 2.26. The quantitative estimate of drug-likeness (QED) is 0.626. The number of rotatable bonds is 6. The number of fused-ring (bicyclic) bond motifs is 4. The summed E-state index contributed by atoms with van der Waals surface area (Å²) in [6.45, 7) is 1.66. The molecule has 6 rings (SSSR count). The number of likely N-dealkylation sites (tertiary alicyclic amines) is 1. The summed E-state index contributed by atoms with van der Waals surface area (Å²) in [7, 11) is -1.37. The van der Waals surface area contributed by atoms with Crippen molar-refractivity contribution in [3.05, 3.63) is 17.5 Å². The number of aliphatic hydroxyl groups is 1. The molecular formula is C21H33N5O4S. The monoisotopic (exact) mass is 451 g/mol. The Morgan fingerprint density at radius 1 is 1.03 bits per heavy atom. The Balaban J connectivity index is 1.14. The van der Waals surface area contributed by atoms with Crippen LogP contribution in [0.25, 0.3) is 0 Å². The molecule has 1 aliphatic carbocycles. The lowest BCUT2D eigenvalue weighted by Gasteiger charge is -2.45. The summed E-state index contributed by atoms with van der Waals surface area (Å²) in [5.41, 5.74) is 0.526. The normalized spacial score (nSPS) is 38.1. The third-order valence-electron chi connectivity index (χ3n) is 8.00. The minimum Gasteiger partial charge on any atom is -0.373 e. The minimum atomic E-state index is -3.46. The molecule has 0 spiro atoms. The molecule has 4 bridgehead atoms. The standard InChI is InChI=1S/C21H33N5O4S/c1-24-11-17-6-7-18(12-24)26(17)31(28,29)25-15-4-5-16(25)9-14(8-15)22-21(27)19-10-20(30-23-19)13-2-3-13/h10,13-18,21-22,27H,2-9,11-12H2,1H3/t14-,15+,16-,17?,18?,21?. The number of aromatic nitrogens is 1. The number of hydrogen-bond acceptors (Lipinski definition) is 7. The molecule has 1 saturated carbocycles. The molecule has 6 atom stereocenters. The lowest BCUT2D eigenvalue weighted by molar-refractivity contribution is 0.0859. The average molecular weight is 452 g/mol. The maximum absolute atomic E-state index is 13.7. The van der Waals surface area contributed by atoms with E-state index in [9.17, 15) is 13.5 Å². The van der Waals surface area contributed by atoms with Crippen LogP contribution < -0.4 is 5.32 Å². The molecule has 31 heavy (non-hydrogen) atoms. The number of piperidine rings is 1. The molecular weight excluding hydrogens is 418 g/mol. The van der Waals surface area contributed by atoms with E-state index >= 15 is 0 Å². The predicted octanol–water partition coefficient (Wildman–Crippen LogP) is 1.15. The van der Waals surface area contributed by atoms with Crippen molar-refractivity contribution in [3.8, 4) is 0 Å². The Hall–Kier alpha value is -1.04. The summed E-state index contributed by atoms with van der Waals surface area (Å²) in [5, 5.41) is 18.0. The SMILES string of the molecule is CN1CC2CCC(C1)N2S(=O)(=O)N1[C@@H]2CC[C@H]1C[C@@H](NC(O)c1cc(C3CC3)on1)C2. The van der Waals surface area contributed by atoms with Gasteiger partial charge >= 0.3 is 0 Å². The lowest BCUT2D eigenvalue weighted by atomic mass is 9.99. The number of nitrogens with zero attached hydrogens (tertiary/aromatic N) is 4. The molecule has 5 fully saturated rings. The Kier molecular flexibility index (Phi) is 4.97. The van der Waals surface area contributed by atoms with Gasteiger partial charge in [0.15, 0.2) is 6.23 Å². The Morgan fingerprint density at radius 2 is 1.61 bits per heavy atom.